The van der Waals surface area contributed by atoms with Crippen LogP contribution in [0.15, 0.2) is 27.4 Å². The molecule has 1 saturated heterocycles. The van der Waals surface area contributed by atoms with Crippen molar-refractivity contribution in [3.05, 3.63) is 45.3 Å². The second-order valence-electron chi connectivity index (χ2n) is 6.55. The zero-order valence-electron chi connectivity index (χ0n) is 14.3. The van der Waals surface area contributed by atoms with E-state index in [4.69, 9.17) is 9.15 Å². The number of piperidine rings is 1. The molecule has 1 aromatic heterocycles. The van der Waals surface area contributed by atoms with E-state index in [1.165, 1.54) is 6.42 Å². The number of benzene rings is 1. The highest BCUT2D eigenvalue weighted by atomic mass is 16.5. The van der Waals surface area contributed by atoms with Crippen molar-refractivity contribution in [2.24, 2.45) is 0 Å². The Balaban J connectivity index is 2.07. The summed E-state index contributed by atoms with van der Waals surface area (Å²) < 4.78 is 11.0. The van der Waals surface area contributed by atoms with Gasteiger partial charge in [-0.2, -0.15) is 5.26 Å². The Hall–Kier alpha value is -2.74. The summed E-state index contributed by atoms with van der Waals surface area (Å²) in [6, 6.07) is 5.86. The van der Waals surface area contributed by atoms with E-state index in [0.717, 1.165) is 66.7 Å². The fourth-order valence-electron chi connectivity index (χ4n) is 4.02. The van der Waals surface area contributed by atoms with Gasteiger partial charge >= 0.3 is 5.63 Å². The van der Waals surface area contributed by atoms with Crippen molar-refractivity contribution in [2.75, 3.05) is 25.1 Å². The summed E-state index contributed by atoms with van der Waals surface area (Å²) in [6.45, 7) is 1.73. The predicted molar refractivity (Wildman–Crippen MR) is 96.6 cm³/mol. The molecule has 0 unspecified atom stereocenters. The number of nitrogens with zero attached hydrogens (tertiary/aromatic N) is 2. The molecule has 1 aliphatic heterocycles. The van der Waals surface area contributed by atoms with Crippen LogP contribution in [-0.4, -0.2) is 20.2 Å². The molecule has 128 valence electrons. The van der Waals surface area contributed by atoms with E-state index in [-0.39, 0.29) is 5.56 Å². The Morgan fingerprint density at radius 1 is 1.24 bits per heavy atom. The average Bonchev–Trinajstić information content (AvgIpc) is 2.66. The first-order chi connectivity index (χ1) is 12.2. The summed E-state index contributed by atoms with van der Waals surface area (Å²) in [5.41, 5.74) is 3.02. The van der Waals surface area contributed by atoms with Gasteiger partial charge in [0, 0.05) is 24.0 Å². The highest BCUT2D eigenvalue weighted by Gasteiger charge is 2.26. The maximum atomic E-state index is 12.4. The molecule has 0 N–H and O–H groups in total. The molecule has 0 spiro atoms. The molecule has 0 bridgehead atoms. The number of allylic oxidation sites excluding steroid dienone is 1. The quantitative estimate of drug-likeness (QED) is 0.784. The number of nitriles is 1. The van der Waals surface area contributed by atoms with E-state index in [1.54, 1.807) is 7.11 Å². The minimum absolute atomic E-state index is 0.122. The van der Waals surface area contributed by atoms with Crippen molar-refractivity contribution in [3.63, 3.8) is 0 Å². The molecule has 5 nitrogen and oxygen atoms in total. The normalized spacial score (nSPS) is 17.0. The number of methoxy groups -OCH3 is 1. The number of hydrogen-bond donors (Lipinski definition) is 0. The SMILES string of the molecule is COC1=CCCc2c1ccc1oc(=O)c(C#N)c(N3CCCCC3)c21. The summed E-state index contributed by atoms with van der Waals surface area (Å²) in [7, 11) is 1.67. The van der Waals surface area contributed by atoms with Crippen LogP contribution in [0.3, 0.4) is 0 Å². The van der Waals surface area contributed by atoms with E-state index in [2.05, 4.69) is 17.0 Å². The lowest BCUT2D eigenvalue weighted by atomic mass is 9.90. The van der Waals surface area contributed by atoms with E-state index >= 15 is 0 Å². The lowest BCUT2D eigenvalue weighted by Gasteiger charge is -2.31. The zero-order valence-corrected chi connectivity index (χ0v) is 14.3. The fourth-order valence-corrected chi connectivity index (χ4v) is 4.02. The molecule has 5 heteroatoms. The number of rotatable bonds is 2. The molecular weight excluding hydrogens is 316 g/mol. The van der Waals surface area contributed by atoms with Crippen molar-refractivity contribution in [2.45, 2.75) is 32.1 Å². The molecule has 2 heterocycles. The van der Waals surface area contributed by atoms with Gasteiger partial charge < -0.3 is 14.1 Å². The average molecular weight is 336 g/mol. The van der Waals surface area contributed by atoms with Gasteiger partial charge in [0.05, 0.1) is 12.8 Å². The molecule has 1 fully saturated rings. The molecule has 0 saturated carbocycles. The maximum Gasteiger partial charge on any atom is 0.356 e. The first kappa shape index (κ1) is 15.8. The van der Waals surface area contributed by atoms with Gasteiger partial charge in [-0.1, -0.05) is 0 Å². The van der Waals surface area contributed by atoms with Gasteiger partial charge in [0.1, 0.15) is 17.4 Å². The number of ether oxygens (including phenoxy) is 1. The van der Waals surface area contributed by atoms with Crippen LogP contribution < -0.4 is 10.5 Å². The summed E-state index contributed by atoms with van der Waals surface area (Å²) in [6.07, 6.45) is 7.13. The second-order valence-corrected chi connectivity index (χ2v) is 6.55. The summed E-state index contributed by atoms with van der Waals surface area (Å²) in [5, 5.41) is 10.5. The lowest BCUT2D eigenvalue weighted by molar-refractivity contribution is 0.367. The Labute approximate surface area is 146 Å². The summed E-state index contributed by atoms with van der Waals surface area (Å²) in [4.78, 5) is 14.6. The Morgan fingerprint density at radius 2 is 2.04 bits per heavy atom. The van der Waals surface area contributed by atoms with Crippen LogP contribution >= 0.6 is 0 Å². The molecule has 25 heavy (non-hydrogen) atoms. The highest BCUT2D eigenvalue weighted by Crippen LogP contribution is 2.39. The summed E-state index contributed by atoms with van der Waals surface area (Å²) in [5.74, 6) is 0.845. The number of anilines is 1. The Kier molecular flexibility index (Phi) is 3.96. The van der Waals surface area contributed by atoms with Gasteiger partial charge in [-0.25, -0.2) is 4.79 Å². The van der Waals surface area contributed by atoms with Crippen molar-refractivity contribution in [3.8, 4) is 6.07 Å². The van der Waals surface area contributed by atoms with E-state index < -0.39 is 5.63 Å². The minimum Gasteiger partial charge on any atom is -0.496 e. The van der Waals surface area contributed by atoms with E-state index in [1.807, 2.05) is 12.1 Å². The second kappa shape index (κ2) is 6.29. The van der Waals surface area contributed by atoms with E-state index in [9.17, 15) is 10.1 Å². The van der Waals surface area contributed by atoms with Crippen LogP contribution in [0.25, 0.3) is 16.7 Å². The molecule has 2 aromatic rings. The molecule has 1 aliphatic carbocycles. The minimum atomic E-state index is -0.547. The largest absolute Gasteiger partial charge is 0.496 e. The first-order valence-corrected chi connectivity index (χ1v) is 8.77. The number of aryl methyl sites for hydroxylation is 1. The topological polar surface area (TPSA) is 66.5 Å². The molecular formula is C20H20N2O3. The molecule has 4 rings (SSSR count). The molecule has 0 atom stereocenters. The van der Waals surface area contributed by atoms with Crippen molar-refractivity contribution >= 4 is 22.4 Å². The first-order valence-electron chi connectivity index (χ1n) is 8.77. The van der Waals surface area contributed by atoms with Gasteiger partial charge in [0.25, 0.3) is 0 Å². The van der Waals surface area contributed by atoms with Gasteiger partial charge in [0.2, 0.25) is 0 Å². The van der Waals surface area contributed by atoms with E-state index in [0.29, 0.717) is 5.58 Å². The smallest absolute Gasteiger partial charge is 0.356 e. The van der Waals surface area contributed by atoms with Crippen molar-refractivity contribution in [1.29, 1.82) is 5.26 Å². The lowest BCUT2D eigenvalue weighted by Crippen LogP contribution is -2.32. The third-order valence-electron chi connectivity index (χ3n) is 5.15. The van der Waals surface area contributed by atoms with Crippen LogP contribution in [0.2, 0.25) is 0 Å². The van der Waals surface area contributed by atoms with Gasteiger partial charge in [-0.3, -0.25) is 0 Å². The van der Waals surface area contributed by atoms with Crippen LogP contribution in [0.1, 0.15) is 42.4 Å². The monoisotopic (exact) mass is 336 g/mol. The van der Waals surface area contributed by atoms with Crippen LogP contribution in [0.5, 0.6) is 0 Å². The number of fused-ring (bicyclic) bond motifs is 3. The Bertz CT molecular complexity index is 960. The molecule has 0 amide bonds. The van der Waals surface area contributed by atoms with Crippen molar-refractivity contribution < 1.29 is 9.15 Å². The fraction of sp³-hybridized carbons (Fsp3) is 0.400. The number of hydrogen-bond acceptors (Lipinski definition) is 5. The Morgan fingerprint density at radius 3 is 2.76 bits per heavy atom. The third kappa shape index (κ3) is 2.49. The predicted octanol–water partition coefficient (Wildman–Crippen LogP) is 3.59. The van der Waals surface area contributed by atoms with Gasteiger partial charge in [-0.05, 0) is 55.9 Å². The maximum absolute atomic E-state index is 12.4. The van der Waals surface area contributed by atoms with Crippen molar-refractivity contribution in [1.82, 2.24) is 0 Å². The zero-order chi connectivity index (χ0) is 17.4. The third-order valence-corrected chi connectivity index (χ3v) is 5.15. The van der Waals surface area contributed by atoms with Crippen LogP contribution in [0, 0.1) is 11.3 Å². The van der Waals surface area contributed by atoms with Gasteiger partial charge in [0.15, 0.2) is 5.56 Å². The molecule has 1 aromatic carbocycles. The summed E-state index contributed by atoms with van der Waals surface area (Å²) >= 11 is 0. The standard InChI is InChI=1S/C20H20N2O3/c1-24-16-7-5-6-14-13(16)8-9-17-18(14)19(15(12-21)20(23)25-17)22-10-3-2-4-11-22/h7-9H,2-6,10-11H2,1H3. The molecule has 2 aliphatic rings. The highest BCUT2D eigenvalue weighted by molar-refractivity contribution is 5.98. The molecule has 0 radical (unpaired) electrons. The van der Waals surface area contributed by atoms with Gasteiger partial charge in [-0.15, -0.1) is 0 Å². The van der Waals surface area contributed by atoms with Crippen LogP contribution in [-0.2, 0) is 11.2 Å². The van der Waals surface area contributed by atoms with Crippen LogP contribution in [0.4, 0.5) is 5.69 Å².